The van der Waals surface area contributed by atoms with Crippen molar-refractivity contribution >= 4 is 0 Å². The van der Waals surface area contributed by atoms with Crippen molar-refractivity contribution in [3.8, 4) is 28.6 Å². The van der Waals surface area contributed by atoms with Gasteiger partial charge in [-0.25, -0.2) is 0 Å². The van der Waals surface area contributed by atoms with Crippen molar-refractivity contribution in [1.29, 1.82) is 0 Å². The first kappa shape index (κ1) is 18.5. The predicted octanol–water partition coefficient (Wildman–Crippen LogP) is -0.426. The Labute approximate surface area is 178 Å². The fraction of sp³-hybridized carbons (Fsp3) is 0.273. The third-order valence-electron chi connectivity index (χ3n) is 5.14. The molecule has 3 heterocycles. The number of aryl methyl sites for hydroxylation is 1. The molecule has 0 unspecified atom stereocenters. The molecule has 2 aliphatic heterocycles. The normalized spacial score (nSPS) is 16.8. The average molecular weight is 503 g/mol. The van der Waals surface area contributed by atoms with E-state index in [9.17, 15) is 4.79 Å². The van der Waals surface area contributed by atoms with E-state index in [2.05, 4.69) is 28.1 Å². The molecular formula is C22H20IN2O4-. The SMILES string of the molecule is C[I-]c1ccc2c(c1)CCn1c-2cc(OC[C@H]2COc3ccccc3O2)nc1=O. The fourth-order valence-electron chi connectivity index (χ4n) is 3.69. The van der Waals surface area contributed by atoms with Crippen LogP contribution in [0.3, 0.4) is 0 Å². The molecule has 0 bridgehead atoms. The maximum atomic E-state index is 12.6. The molecule has 6 nitrogen and oxygen atoms in total. The summed E-state index contributed by atoms with van der Waals surface area (Å²) in [5.74, 6) is 1.76. The minimum absolute atomic E-state index is 0.0475. The number of benzene rings is 2. The van der Waals surface area contributed by atoms with Gasteiger partial charge in [0.15, 0.2) is 5.75 Å². The molecule has 1 aromatic heterocycles. The molecule has 0 saturated heterocycles. The second-order valence-electron chi connectivity index (χ2n) is 6.96. The van der Waals surface area contributed by atoms with Gasteiger partial charge < -0.3 is 0 Å². The van der Waals surface area contributed by atoms with Gasteiger partial charge in [0.05, 0.1) is 0 Å². The van der Waals surface area contributed by atoms with Gasteiger partial charge in [0.25, 0.3) is 0 Å². The van der Waals surface area contributed by atoms with Gasteiger partial charge in [0.2, 0.25) is 0 Å². The third kappa shape index (κ3) is 3.59. The number of para-hydroxylation sites is 2. The van der Waals surface area contributed by atoms with Crippen LogP contribution in [-0.4, -0.2) is 33.8 Å². The number of halogens is 1. The van der Waals surface area contributed by atoms with E-state index in [1.807, 2.05) is 30.3 Å². The summed E-state index contributed by atoms with van der Waals surface area (Å²) in [6.45, 7) is 1.30. The number of hydrogen-bond acceptors (Lipinski definition) is 5. The van der Waals surface area contributed by atoms with Crippen molar-refractivity contribution in [2.45, 2.75) is 19.1 Å². The molecule has 3 aromatic rings. The fourth-order valence-corrected chi connectivity index (χ4v) is 4.92. The topological polar surface area (TPSA) is 62.6 Å². The minimum atomic E-state index is -0.277. The molecule has 0 radical (unpaired) electrons. The van der Waals surface area contributed by atoms with E-state index in [1.54, 1.807) is 4.57 Å². The maximum absolute atomic E-state index is 12.6. The molecule has 2 aromatic carbocycles. The van der Waals surface area contributed by atoms with E-state index in [-0.39, 0.29) is 39.6 Å². The molecule has 1 atom stereocenters. The van der Waals surface area contributed by atoms with Crippen LogP contribution in [0.4, 0.5) is 0 Å². The number of nitrogens with zero attached hydrogens (tertiary/aromatic N) is 2. The van der Waals surface area contributed by atoms with Gasteiger partial charge in [0.1, 0.15) is 0 Å². The Hall–Kier alpha value is -2.55. The molecule has 0 spiro atoms. The van der Waals surface area contributed by atoms with Gasteiger partial charge in [-0.3, -0.25) is 0 Å². The number of aromatic nitrogens is 2. The molecule has 0 aliphatic carbocycles. The number of rotatable bonds is 4. The van der Waals surface area contributed by atoms with Crippen LogP contribution in [0.2, 0.25) is 0 Å². The van der Waals surface area contributed by atoms with Gasteiger partial charge in [-0.2, -0.15) is 0 Å². The Balaban J connectivity index is 1.37. The van der Waals surface area contributed by atoms with Gasteiger partial charge in [-0.05, 0) is 12.1 Å². The van der Waals surface area contributed by atoms with Crippen molar-refractivity contribution < 1.29 is 35.4 Å². The van der Waals surface area contributed by atoms with Crippen LogP contribution in [0, 0.1) is 3.57 Å². The Morgan fingerprint density at radius 3 is 2.93 bits per heavy atom. The van der Waals surface area contributed by atoms with Crippen LogP contribution in [0.5, 0.6) is 17.4 Å². The van der Waals surface area contributed by atoms with Crippen molar-refractivity contribution in [2.75, 3.05) is 18.1 Å². The third-order valence-corrected chi connectivity index (χ3v) is 7.06. The quantitative estimate of drug-likeness (QED) is 0.358. The Morgan fingerprint density at radius 2 is 2.07 bits per heavy atom. The molecule has 2 aliphatic rings. The second-order valence-corrected chi connectivity index (χ2v) is 9.29. The van der Waals surface area contributed by atoms with Crippen LogP contribution in [0.25, 0.3) is 11.3 Å². The zero-order valence-electron chi connectivity index (χ0n) is 15.9. The van der Waals surface area contributed by atoms with E-state index < -0.39 is 0 Å². The predicted molar refractivity (Wildman–Crippen MR) is 104 cm³/mol. The van der Waals surface area contributed by atoms with E-state index >= 15 is 0 Å². The number of hydrogen-bond donors (Lipinski definition) is 0. The number of alkyl halides is 1. The van der Waals surface area contributed by atoms with E-state index in [0.717, 1.165) is 23.4 Å². The van der Waals surface area contributed by atoms with Gasteiger partial charge in [0, 0.05) is 0 Å². The van der Waals surface area contributed by atoms with Crippen molar-refractivity contribution in [3.63, 3.8) is 0 Å². The summed E-state index contributed by atoms with van der Waals surface area (Å²) in [7, 11) is 0. The van der Waals surface area contributed by atoms with Crippen LogP contribution < -0.4 is 41.1 Å². The summed E-state index contributed by atoms with van der Waals surface area (Å²) < 4.78 is 20.6. The zero-order chi connectivity index (χ0) is 19.8. The Morgan fingerprint density at radius 1 is 1.21 bits per heavy atom. The van der Waals surface area contributed by atoms with Crippen LogP contribution in [0.1, 0.15) is 5.56 Å². The van der Waals surface area contributed by atoms with Gasteiger partial charge >= 0.3 is 149 Å². The van der Waals surface area contributed by atoms with Crippen LogP contribution in [0.15, 0.2) is 53.3 Å². The molecule has 0 amide bonds. The first-order valence-corrected chi connectivity index (χ1v) is 12.7. The second kappa shape index (κ2) is 7.70. The summed E-state index contributed by atoms with van der Waals surface area (Å²) in [5, 5.41) is 0. The van der Waals surface area contributed by atoms with Gasteiger partial charge in [-0.15, -0.1) is 0 Å². The summed E-state index contributed by atoms with van der Waals surface area (Å²) >= 11 is 0.0475. The molecule has 7 heteroatoms. The molecule has 29 heavy (non-hydrogen) atoms. The molecule has 0 saturated carbocycles. The summed E-state index contributed by atoms with van der Waals surface area (Å²) in [6.07, 6.45) is 0.600. The average Bonchev–Trinajstić information content (AvgIpc) is 2.77. The summed E-state index contributed by atoms with van der Waals surface area (Å²) in [6, 6.07) is 16.0. The standard InChI is InChI=1S/C22H20IN2O4/c1-23-15-6-7-17-14(10-15)8-9-25-18(17)11-21(24-22(25)26)28-13-16-12-27-19-4-2-3-5-20(19)29-16/h2-7,10-11,16H,8-9,12-13H2,1H3/q-1/t16-/m1/s1. The van der Waals surface area contributed by atoms with E-state index in [0.29, 0.717) is 24.8 Å². The first-order valence-electron chi connectivity index (χ1n) is 9.47. The van der Waals surface area contributed by atoms with Crippen molar-refractivity contribution in [3.05, 3.63) is 68.1 Å². The van der Waals surface area contributed by atoms with Crippen LogP contribution >= 0.6 is 0 Å². The monoisotopic (exact) mass is 503 g/mol. The number of fused-ring (bicyclic) bond motifs is 4. The van der Waals surface area contributed by atoms with Crippen molar-refractivity contribution in [1.82, 2.24) is 9.55 Å². The molecule has 5 rings (SSSR count). The summed E-state index contributed by atoms with van der Waals surface area (Å²) in [4.78, 5) is 18.9. The zero-order valence-corrected chi connectivity index (χ0v) is 18.1. The van der Waals surface area contributed by atoms with Crippen molar-refractivity contribution in [2.24, 2.45) is 0 Å². The Kier molecular flexibility index (Phi) is 4.91. The molecule has 0 fully saturated rings. The first-order chi connectivity index (χ1) is 14.2. The van der Waals surface area contributed by atoms with Gasteiger partial charge in [-0.1, -0.05) is 12.1 Å². The molecular weight excluding hydrogens is 483 g/mol. The Bertz CT molecular complexity index is 1130. The summed E-state index contributed by atoms with van der Waals surface area (Å²) in [5.41, 5.74) is 2.98. The molecule has 0 N–H and O–H groups in total. The van der Waals surface area contributed by atoms with E-state index in [4.69, 9.17) is 14.2 Å². The van der Waals surface area contributed by atoms with Crippen LogP contribution in [-0.2, 0) is 13.0 Å². The molecule has 150 valence electrons. The van der Waals surface area contributed by atoms with E-state index in [1.165, 1.54) is 9.13 Å². The number of ether oxygens (including phenoxy) is 3.